The third kappa shape index (κ3) is 5.32. The third-order valence-corrected chi connectivity index (χ3v) is 6.12. The normalized spacial score (nSPS) is 14.1. The van der Waals surface area contributed by atoms with E-state index >= 15 is 0 Å². The lowest BCUT2D eigenvalue weighted by atomic mass is 10.0. The molecule has 1 amide bonds. The van der Waals surface area contributed by atoms with Crippen molar-refractivity contribution in [2.75, 3.05) is 33.7 Å². The number of carbonyl (C=O) groups is 1. The zero-order valence-electron chi connectivity index (χ0n) is 20.7. The maximum Gasteiger partial charge on any atom is 0.272 e. The predicted octanol–water partition coefficient (Wildman–Crippen LogP) is 3.00. The number of carbonyl (C=O) groups excluding carboxylic acids is 1. The van der Waals surface area contributed by atoms with Crippen LogP contribution in [0.25, 0.3) is 10.8 Å². The van der Waals surface area contributed by atoms with Crippen molar-refractivity contribution in [1.29, 1.82) is 10.8 Å². The molecule has 1 aliphatic heterocycles. The number of hydrogen-bond acceptors (Lipinski definition) is 6. The molecule has 3 aromatic rings. The number of aromatic nitrogens is 2. The molecule has 2 aromatic carbocycles. The molecule has 0 spiro atoms. The fraction of sp³-hybridized carbons (Fsp3) is 0.222. The standard InChI is InChI=1S/C27H28FN7O2/c1-4-18(15-33(2)3)25(30)35-12-11-34(16-24(35)29)27(37)21-13-17(9-10-22(21)28)14-23-19-7-5-6-8-20(19)26(36)32-31-23/h4-10,13,15,29-30H,1,11-12,14,16H2,2-3H3,(H,32,36)/b18-15+,29-24?,30-25?. The van der Waals surface area contributed by atoms with Crippen LogP contribution in [0.4, 0.5) is 4.39 Å². The predicted molar refractivity (Wildman–Crippen MR) is 142 cm³/mol. The van der Waals surface area contributed by atoms with Crippen molar-refractivity contribution in [3.8, 4) is 0 Å². The first kappa shape index (κ1) is 25.5. The van der Waals surface area contributed by atoms with Gasteiger partial charge in [0.15, 0.2) is 0 Å². The van der Waals surface area contributed by atoms with Crippen molar-refractivity contribution in [3.05, 3.63) is 99.9 Å². The highest BCUT2D eigenvalue weighted by atomic mass is 19.1. The number of nitrogens with one attached hydrogen (secondary N) is 3. The molecule has 0 aliphatic carbocycles. The van der Waals surface area contributed by atoms with E-state index in [1.54, 1.807) is 41.4 Å². The number of fused-ring (bicyclic) bond motifs is 1. The topological polar surface area (TPSA) is 120 Å². The van der Waals surface area contributed by atoms with Gasteiger partial charge < -0.3 is 14.7 Å². The summed E-state index contributed by atoms with van der Waals surface area (Å²) in [6.07, 6.45) is 3.58. The molecule has 0 bridgehead atoms. The largest absolute Gasteiger partial charge is 0.383 e. The molecule has 1 aromatic heterocycles. The Morgan fingerprint density at radius 3 is 2.62 bits per heavy atom. The second kappa shape index (κ2) is 10.6. The smallest absolute Gasteiger partial charge is 0.272 e. The van der Waals surface area contributed by atoms with Crippen molar-refractivity contribution in [3.63, 3.8) is 0 Å². The van der Waals surface area contributed by atoms with E-state index in [1.165, 1.54) is 21.9 Å². The molecule has 0 atom stereocenters. The van der Waals surface area contributed by atoms with E-state index in [0.717, 1.165) is 0 Å². The number of aromatic amines is 1. The first-order valence-electron chi connectivity index (χ1n) is 11.7. The van der Waals surface area contributed by atoms with Crippen LogP contribution in [0.2, 0.25) is 0 Å². The quantitative estimate of drug-likeness (QED) is 0.273. The van der Waals surface area contributed by atoms with Gasteiger partial charge in [0.25, 0.3) is 11.5 Å². The zero-order valence-corrected chi connectivity index (χ0v) is 20.7. The number of benzene rings is 2. The minimum absolute atomic E-state index is 0.0522. The Morgan fingerprint density at radius 2 is 1.95 bits per heavy atom. The Labute approximate surface area is 213 Å². The van der Waals surface area contributed by atoms with Gasteiger partial charge in [-0.15, -0.1) is 0 Å². The lowest BCUT2D eigenvalue weighted by Gasteiger charge is -2.36. The van der Waals surface area contributed by atoms with Crippen LogP contribution in [0.15, 0.2) is 71.7 Å². The van der Waals surface area contributed by atoms with E-state index in [4.69, 9.17) is 10.8 Å². The van der Waals surface area contributed by atoms with Crippen LogP contribution in [0, 0.1) is 16.6 Å². The molecule has 1 saturated heterocycles. The monoisotopic (exact) mass is 501 g/mol. The number of halogens is 1. The maximum absolute atomic E-state index is 14.8. The summed E-state index contributed by atoms with van der Waals surface area (Å²) in [6, 6.07) is 11.4. The van der Waals surface area contributed by atoms with Gasteiger partial charge in [0.2, 0.25) is 0 Å². The molecule has 3 N–H and O–H groups in total. The molecule has 190 valence electrons. The minimum atomic E-state index is -0.655. The van der Waals surface area contributed by atoms with Gasteiger partial charge in [-0.3, -0.25) is 20.4 Å². The van der Waals surface area contributed by atoms with Crippen LogP contribution in [-0.4, -0.2) is 76.2 Å². The lowest BCUT2D eigenvalue weighted by molar-refractivity contribution is 0.0752. The number of piperazine rings is 1. The highest BCUT2D eigenvalue weighted by Crippen LogP contribution is 2.20. The zero-order chi connectivity index (χ0) is 26.7. The van der Waals surface area contributed by atoms with E-state index in [-0.39, 0.29) is 42.4 Å². The van der Waals surface area contributed by atoms with Gasteiger partial charge in [-0.2, -0.15) is 5.10 Å². The van der Waals surface area contributed by atoms with E-state index in [2.05, 4.69) is 16.8 Å². The van der Waals surface area contributed by atoms with Crippen molar-refractivity contribution in [2.24, 2.45) is 0 Å². The third-order valence-electron chi connectivity index (χ3n) is 6.12. The molecule has 1 aliphatic rings. The number of H-pyrrole nitrogens is 1. The molecule has 37 heavy (non-hydrogen) atoms. The summed E-state index contributed by atoms with van der Waals surface area (Å²) < 4.78 is 14.8. The average molecular weight is 502 g/mol. The second-order valence-corrected chi connectivity index (χ2v) is 8.96. The van der Waals surface area contributed by atoms with E-state index in [0.29, 0.717) is 34.0 Å². The molecule has 1 fully saturated rings. The molecule has 0 radical (unpaired) electrons. The van der Waals surface area contributed by atoms with Crippen LogP contribution in [0.1, 0.15) is 21.6 Å². The average Bonchev–Trinajstić information content (AvgIpc) is 2.89. The summed E-state index contributed by atoms with van der Waals surface area (Å²) in [4.78, 5) is 30.0. The molecule has 2 heterocycles. The van der Waals surface area contributed by atoms with E-state index < -0.39 is 11.7 Å². The Morgan fingerprint density at radius 1 is 1.22 bits per heavy atom. The Bertz CT molecular complexity index is 1490. The molecule has 10 heteroatoms. The Hall–Kier alpha value is -4.60. The number of amidine groups is 2. The minimum Gasteiger partial charge on any atom is -0.383 e. The van der Waals surface area contributed by atoms with Crippen molar-refractivity contribution < 1.29 is 9.18 Å². The van der Waals surface area contributed by atoms with Gasteiger partial charge in [-0.05, 0) is 23.8 Å². The van der Waals surface area contributed by atoms with Crippen LogP contribution in [-0.2, 0) is 6.42 Å². The van der Waals surface area contributed by atoms with Crippen LogP contribution in [0.5, 0.6) is 0 Å². The summed E-state index contributed by atoms with van der Waals surface area (Å²) in [5, 5.41) is 24.8. The molecular formula is C27H28FN7O2. The van der Waals surface area contributed by atoms with Crippen LogP contribution in [0.3, 0.4) is 0 Å². The summed E-state index contributed by atoms with van der Waals surface area (Å²) >= 11 is 0. The highest BCUT2D eigenvalue weighted by Gasteiger charge is 2.29. The van der Waals surface area contributed by atoms with Gasteiger partial charge in [0, 0.05) is 50.8 Å². The summed E-state index contributed by atoms with van der Waals surface area (Å²) in [6.45, 7) is 4.15. The molecule has 9 nitrogen and oxygen atoms in total. The number of amides is 1. The summed E-state index contributed by atoms with van der Waals surface area (Å²) in [7, 11) is 3.66. The van der Waals surface area contributed by atoms with Gasteiger partial charge in [0.1, 0.15) is 17.5 Å². The highest BCUT2D eigenvalue weighted by molar-refractivity contribution is 6.10. The fourth-order valence-corrected chi connectivity index (χ4v) is 4.28. The molecular weight excluding hydrogens is 473 g/mol. The lowest BCUT2D eigenvalue weighted by Crippen LogP contribution is -2.54. The second-order valence-electron chi connectivity index (χ2n) is 8.96. The number of nitrogens with zero attached hydrogens (tertiary/aromatic N) is 4. The Kier molecular flexibility index (Phi) is 7.28. The number of hydrogen-bond donors (Lipinski definition) is 3. The first-order valence-corrected chi connectivity index (χ1v) is 11.7. The Balaban J connectivity index is 1.53. The molecule has 4 rings (SSSR count). The molecule has 0 unspecified atom stereocenters. The summed E-state index contributed by atoms with van der Waals surface area (Å²) in [5.41, 5.74) is 1.44. The SMILES string of the molecule is C=C/C(=C\N(C)C)C(=N)N1CCN(C(=O)c2cc(Cc3n[nH]c(=O)c4ccccc34)ccc2F)CC1=N. The van der Waals surface area contributed by atoms with Crippen molar-refractivity contribution >= 4 is 28.4 Å². The first-order chi connectivity index (χ1) is 17.7. The van der Waals surface area contributed by atoms with E-state index in [1.807, 2.05) is 20.2 Å². The van der Waals surface area contributed by atoms with Gasteiger partial charge in [-0.25, -0.2) is 9.49 Å². The number of rotatable bonds is 6. The molecule has 0 saturated carbocycles. The van der Waals surface area contributed by atoms with Crippen LogP contribution >= 0.6 is 0 Å². The van der Waals surface area contributed by atoms with Gasteiger partial charge in [0.05, 0.1) is 23.2 Å². The van der Waals surface area contributed by atoms with Gasteiger partial charge >= 0.3 is 0 Å². The van der Waals surface area contributed by atoms with Crippen molar-refractivity contribution in [2.45, 2.75) is 6.42 Å². The summed E-state index contributed by atoms with van der Waals surface area (Å²) in [5.74, 6) is -0.994. The fourth-order valence-electron chi connectivity index (χ4n) is 4.28. The van der Waals surface area contributed by atoms with Crippen LogP contribution < -0.4 is 5.56 Å². The van der Waals surface area contributed by atoms with E-state index in [9.17, 15) is 14.0 Å². The van der Waals surface area contributed by atoms with Gasteiger partial charge in [-0.1, -0.05) is 36.9 Å². The maximum atomic E-state index is 14.8. The van der Waals surface area contributed by atoms with Crippen molar-refractivity contribution in [1.82, 2.24) is 24.9 Å².